The van der Waals surface area contributed by atoms with Crippen LogP contribution < -0.4 is 16.6 Å². The Morgan fingerprint density at radius 3 is 2.75 bits per heavy atom. The van der Waals surface area contributed by atoms with Gasteiger partial charge in [0, 0.05) is 0 Å². The number of methoxy groups -OCH3 is 1. The van der Waals surface area contributed by atoms with Crippen LogP contribution in [0.15, 0.2) is 9.59 Å². The molecule has 0 saturated heterocycles. The third-order valence-corrected chi connectivity index (χ3v) is 1.92. The molecule has 0 unspecified atom stereocenters. The summed E-state index contributed by atoms with van der Waals surface area (Å²) in [6.45, 7) is 1.74. The maximum absolute atomic E-state index is 11.2. The number of anilines is 1. The van der Waals surface area contributed by atoms with Crippen molar-refractivity contribution in [1.82, 2.24) is 15.2 Å². The average Bonchev–Trinajstić information content (AvgIpc) is 2.27. The lowest BCUT2D eigenvalue weighted by Crippen LogP contribution is -2.35. The molecule has 0 aliphatic heterocycles. The Labute approximate surface area is 90.0 Å². The molecule has 0 amide bonds. The molecule has 1 rings (SSSR count). The van der Waals surface area contributed by atoms with Crippen LogP contribution in [0.25, 0.3) is 0 Å². The van der Waals surface area contributed by atoms with E-state index in [9.17, 15) is 14.4 Å². The topological polar surface area (TPSA) is 117 Å². The van der Waals surface area contributed by atoms with E-state index in [0.29, 0.717) is 6.42 Å². The lowest BCUT2D eigenvalue weighted by atomic mass is 10.2. The van der Waals surface area contributed by atoms with E-state index in [1.165, 1.54) is 7.11 Å². The highest BCUT2D eigenvalue weighted by atomic mass is 16.5. The van der Waals surface area contributed by atoms with Crippen molar-refractivity contribution in [2.45, 2.75) is 19.4 Å². The fourth-order valence-corrected chi connectivity index (χ4v) is 1.08. The number of hydrogen-bond acceptors (Lipinski definition) is 6. The van der Waals surface area contributed by atoms with E-state index < -0.39 is 23.3 Å². The minimum Gasteiger partial charge on any atom is -0.467 e. The SMILES string of the molecule is CC[C@H](Nc1n[nH]c(=O)[nH]c1=O)C(=O)OC. The third kappa shape index (κ3) is 2.69. The summed E-state index contributed by atoms with van der Waals surface area (Å²) in [7, 11) is 1.25. The first-order valence-electron chi connectivity index (χ1n) is 4.61. The van der Waals surface area contributed by atoms with Crippen LogP contribution in [0.5, 0.6) is 0 Å². The second-order valence-corrected chi connectivity index (χ2v) is 2.98. The highest BCUT2D eigenvalue weighted by Gasteiger charge is 2.18. The molecule has 1 aromatic rings. The number of carbonyl (C=O) groups excluding carboxylic acids is 1. The van der Waals surface area contributed by atoms with Gasteiger partial charge in [0.2, 0.25) is 5.82 Å². The molecular weight excluding hydrogens is 216 g/mol. The van der Waals surface area contributed by atoms with Crippen molar-refractivity contribution in [2.75, 3.05) is 12.4 Å². The minimum absolute atomic E-state index is 0.128. The Balaban J connectivity index is 2.90. The van der Waals surface area contributed by atoms with Gasteiger partial charge in [-0.15, -0.1) is 5.10 Å². The minimum atomic E-state index is -0.707. The van der Waals surface area contributed by atoms with Gasteiger partial charge >= 0.3 is 11.7 Å². The van der Waals surface area contributed by atoms with E-state index in [1.54, 1.807) is 6.92 Å². The van der Waals surface area contributed by atoms with Crippen LogP contribution in [0.2, 0.25) is 0 Å². The van der Waals surface area contributed by atoms with E-state index in [1.807, 2.05) is 4.98 Å². The second kappa shape index (κ2) is 5.10. The average molecular weight is 228 g/mol. The molecule has 0 aromatic carbocycles. The smallest absolute Gasteiger partial charge is 0.342 e. The molecule has 0 aliphatic carbocycles. The zero-order chi connectivity index (χ0) is 12.1. The zero-order valence-corrected chi connectivity index (χ0v) is 8.86. The summed E-state index contributed by atoms with van der Waals surface area (Å²) in [6.07, 6.45) is 0.424. The number of esters is 1. The zero-order valence-electron chi connectivity index (χ0n) is 8.86. The van der Waals surface area contributed by atoms with Crippen molar-refractivity contribution in [3.8, 4) is 0 Å². The fraction of sp³-hybridized carbons (Fsp3) is 0.500. The first kappa shape index (κ1) is 12.0. The highest BCUT2D eigenvalue weighted by molar-refractivity contribution is 5.78. The molecule has 88 valence electrons. The van der Waals surface area contributed by atoms with Gasteiger partial charge in [-0.2, -0.15) is 0 Å². The molecule has 0 radical (unpaired) electrons. The van der Waals surface area contributed by atoms with Crippen molar-refractivity contribution in [2.24, 2.45) is 0 Å². The number of aromatic nitrogens is 3. The normalized spacial score (nSPS) is 11.9. The molecule has 1 aromatic heterocycles. The highest BCUT2D eigenvalue weighted by Crippen LogP contribution is 2.00. The van der Waals surface area contributed by atoms with Gasteiger partial charge in [-0.05, 0) is 6.42 Å². The molecule has 0 saturated carbocycles. The first-order chi connectivity index (χ1) is 7.58. The second-order valence-electron chi connectivity index (χ2n) is 2.98. The summed E-state index contributed by atoms with van der Waals surface area (Å²) in [6, 6.07) is -0.676. The summed E-state index contributed by atoms with van der Waals surface area (Å²) >= 11 is 0. The van der Waals surface area contributed by atoms with Crippen molar-refractivity contribution in [3.63, 3.8) is 0 Å². The van der Waals surface area contributed by atoms with Gasteiger partial charge in [0.1, 0.15) is 6.04 Å². The Kier molecular flexibility index (Phi) is 3.81. The van der Waals surface area contributed by atoms with E-state index in [0.717, 1.165) is 0 Å². The van der Waals surface area contributed by atoms with E-state index in [2.05, 4.69) is 20.3 Å². The molecule has 0 aliphatic rings. The Bertz CT molecular complexity index is 477. The van der Waals surface area contributed by atoms with Crippen molar-refractivity contribution in [1.29, 1.82) is 0 Å². The Morgan fingerprint density at radius 2 is 2.25 bits per heavy atom. The molecule has 0 spiro atoms. The number of nitrogens with zero attached hydrogens (tertiary/aromatic N) is 1. The monoisotopic (exact) mass is 228 g/mol. The van der Waals surface area contributed by atoms with Crippen LogP contribution in [0.3, 0.4) is 0 Å². The molecule has 8 nitrogen and oxygen atoms in total. The van der Waals surface area contributed by atoms with Gasteiger partial charge in [-0.1, -0.05) is 6.92 Å². The summed E-state index contributed by atoms with van der Waals surface area (Å²) in [5.41, 5.74) is -1.40. The number of rotatable bonds is 4. The molecule has 8 heteroatoms. The summed E-state index contributed by atoms with van der Waals surface area (Å²) < 4.78 is 4.53. The maximum atomic E-state index is 11.2. The summed E-state index contributed by atoms with van der Waals surface area (Å²) in [5, 5.41) is 8.11. The standard InChI is InChI=1S/C8H12N4O4/c1-3-4(7(14)16-2)9-5-6(13)10-8(15)12-11-5/h4H,3H2,1-2H3,(H,9,11)(H2,10,12,13,15)/t4-/m0/s1. The molecule has 1 atom stereocenters. The Morgan fingerprint density at radius 1 is 1.56 bits per heavy atom. The lowest BCUT2D eigenvalue weighted by Gasteiger charge is -2.13. The quantitative estimate of drug-likeness (QED) is 0.558. The van der Waals surface area contributed by atoms with Crippen LogP contribution in [-0.2, 0) is 9.53 Å². The van der Waals surface area contributed by atoms with Gasteiger partial charge in [-0.25, -0.2) is 14.7 Å². The van der Waals surface area contributed by atoms with Gasteiger partial charge in [0.05, 0.1) is 7.11 Å². The van der Waals surface area contributed by atoms with Crippen LogP contribution in [0, 0.1) is 0 Å². The van der Waals surface area contributed by atoms with Crippen LogP contribution in [0.4, 0.5) is 5.82 Å². The predicted octanol–water partition coefficient (Wildman–Crippen LogP) is -1.18. The molecule has 1 heterocycles. The van der Waals surface area contributed by atoms with Crippen molar-refractivity contribution in [3.05, 3.63) is 20.8 Å². The van der Waals surface area contributed by atoms with Gasteiger partial charge in [0.15, 0.2) is 0 Å². The number of H-pyrrole nitrogens is 2. The third-order valence-electron chi connectivity index (χ3n) is 1.92. The molecule has 0 bridgehead atoms. The maximum Gasteiger partial charge on any atom is 0.342 e. The largest absolute Gasteiger partial charge is 0.467 e. The molecule has 3 N–H and O–H groups in total. The lowest BCUT2D eigenvalue weighted by molar-refractivity contribution is -0.141. The van der Waals surface area contributed by atoms with E-state index >= 15 is 0 Å². The van der Waals surface area contributed by atoms with E-state index in [4.69, 9.17) is 0 Å². The Hall–Kier alpha value is -2.12. The number of aromatic amines is 2. The summed E-state index contributed by atoms with van der Waals surface area (Å²) in [5.74, 6) is -0.633. The molecular formula is C8H12N4O4. The van der Waals surface area contributed by atoms with Crippen LogP contribution in [0.1, 0.15) is 13.3 Å². The molecule has 0 fully saturated rings. The number of nitrogens with one attached hydrogen (secondary N) is 3. The van der Waals surface area contributed by atoms with E-state index in [-0.39, 0.29) is 5.82 Å². The number of ether oxygens (including phenoxy) is 1. The summed E-state index contributed by atoms with van der Waals surface area (Å²) in [4.78, 5) is 35.2. The van der Waals surface area contributed by atoms with Crippen molar-refractivity contribution < 1.29 is 9.53 Å². The first-order valence-corrected chi connectivity index (χ1v) is 4.61. The fourth-order valence-electron chi connectivity index (χ4n) is 1.08. The van der Waals surface area contributed by atoms with Crippen LogP contribution >= 0.6 is 0 Å². The predicted molar refractivity (Wildman–Crippen MR) is 55.2 cm³/mol. The van der Waals surface area contributed by atoms with Gasteiger partial charge in [-0.3, -0.25) is 9.78 Å². The van der Waals surface area contributed by atoms with Crippen molar-refractivity contribution >= 4 is 11.8 Å². The van der Waals surface area contributed by atoms with Gasteiger partial charge in [0.25, 0.3) is 5.56 Å². The number of carbonyl (C=O) groups is 1. The molecule has 16 heavy (non-hydrogen) atoms. The van der Waals surface area contributed by atoms with Gasteiger partial charge < -0.3 is 10.1 Å². The van der Waals surface area contributed by atoms with Crippen LogP contribution in [-0.4, -0.2) is 34.3 Å². The number of hydrogen-bond donors (Lipinski definition) is 3.